The minimum absolute atomic E-state index is 0.0432. The molecule has 1 unspecified atom stereocenters. The van der Waals surface area contributed by atoms with Crippen LogP contribution in [0.5, 0.6) is 5.75 Å². The highest BCUT2D eigenvalue weighted by Gasteiger charge is 2.32. The summed E-state index contributed by atoms with van der Waals surface area (Å²) >= 11 is 0. The Balaban J connectivity index is 1.59. The summed E-state index contributed by atoms with van der Waals surface area (Å²) in [6, 6.07) is 14.8. The zero-order valence-electron chi connectivity index (χ0n) is 17.8. The van der Waals surface area contributed by atoms with Crippen molar-refractivity contribution in [1.29, 1.82) is 5.26 Å². The fourth-order valence-corrected chi connectivity index (χ4v) is 3.52. The quantitative estimate of drug-likeness (QED) is 0.716. The number of nitriles is 1. The number of halogens is 1. The van der Waals surface area contributed by atoms with Crippen molar-refractivity contribution in [3.05, 3.63) is 65.5 Å². The number of para-hydroxylation sites is 1. The average molecular weight is 423 g/mol. The molecule has 6 nitrogen and oxygen atoms in total. The smallest absolute Gasteiger partial charge is 0.264 e. The molecule has 0 saturated carbocycles. The molecule has 0 radical (unpaired) electrons. The molecule has 1 aliphatic rings. The molecule has 0 N–H and O–H groups in total. The summed E-state index contributed by atoms with van der Waals surface area (Å²) in [4.78, 5) is 29.1. The Hall–Kier alpha value is -3.40. The lowest BCUT2D eigenvalue weighted by molar-refractivity contribution is -0.145. The second-order valence-electron chi connectivity index (χ2n) is 7.90. The minimum Gasteiger partial charge on any atom is -0.479 e. The first-order chi connectivity index (χ1) is 14.9. The fraction of sp³-hybridized carbons (Fsp3) is 0.375. The number of hydrogen-bond acceptors (Lipinski definition) is 4. The molecule has 7 heteroatoms. The van der Waals surface area contributed by atoms with Crippen molar-refractivity contribution in [1.82, 2.24) is 9.80 Å². The van der Waals surface area contributed by atoms with Crippen LogP contribution in [0.25, 0.3) is 0 Å². The molecule has 2 aromatic rings. The van der Waals surface area contributed by atoms with Crippen LogP contribution in [-0.4, -0.2) is 53.9 Å². The van der Waals surface area contributed by atoms with E-state index in [4.69, 9.17) is 4.74 Å². The first-order valence-corrected chi connectivity index (χ1v) is 10.4. The molecule has 1 heterocycles. The molecule has 162 valence electrons. The van der Waals surface area contributed by atoms with Crippen molar-refractivity contribution >= 4 is 11.8 Å². The lowest BCUT2D eigenvalue weighted by Gasteiger charge is -2.37. The molecule has 0 bridgehead atoms. The summed E-state index contributed by atoms with van der Waals surface area (Å²) in [7, 11) is 0. The first-order valence-electron chi connectivity index (χ1n) is 10.4. The molecule has 1 fully saturated rings. The highest BCUT2D eigenvalue weighted by atomic mass is 19.1. The summed E-state index contributed by atoms with van der Waals surface area (Å²) < 4.78 is 19.0. The van der Waals surface area contributed by atoms with E-state index >= 15 is 0 Å². The van der Waals surface area contributed by atoms with E-state index in [1.165, 1.54) is 12.1 Å². The Morgan fingerprint density at radius 2 is 1.65 bits per heavy atom. The van der Waals surface area contributed by atoms with E-state index in [9.17, 15) is 19.2 Å². The van der Waals surface area contributed by atoms with Gasteiger partial charge in [0.25, 0.3) is 5.91 Å². The number of hydrogen-bond donors (Lipinski definition) is 0. The number of carbonyl (C=O) groups excluding carboxylic acids is 2. The van der Waals surface area contributed by atoms with Crippen LogP contribution in [0, 0.1) is 23.1 Å². The third-order valence-electron chi connectivity index (χ3n) is 5.32. The minimum atomic E-state index is -0.712. The largest absolute Gasteiger partial charge is 0.479 e. The molecule has 2 aromatic carbocycles. The van der Waals surface area contributed by atoms with Gasteiger partial charge in [0.2, 0.25) is 5.91 Å². The van der Waals surface area contributed by atoms with Gasteiger partial charge in [-0.1, -0.05) is 38.1 Å². The van der Waals surface area contributed by atoms with E-state index in [1.807, 2.05) is 13.8 Å². The SMILES string of the molecule is CC(C)C(Oc1ccccc1C#N)C(=O)N1CCN(C(=O)Cc2ccc(F)cc2)CC1. The third-order valence-corrected chi connectivity index (χ3v) is 5.32. The Bertz CT molecular complexity index is 961. The van der Waals surface area contributed by atoms with Gasteiger partial charge in [0.05, 0.1) is 12.0 Å². The first kappa shape index (κ1) is 22.3. The van der Waals surface area contributed by atoms with Gasteiger partial charge in [-0.3, -0.25) is 9.59 Å². The van der Waals surface area contributed by atoms with E-state index in [0.29, 0.717) is 37.5 Å². The number of rotatable bonds is 6. The third kappa shape index (κ3) is 5.60. The molecule has 0 aromatic heterocycles. The summed E-state index contributed by atoms with van der Waals surface area (Å²) in [5.74, 6) is -0.211. The van der Waals surface area contributed by atoms with Crippen molar-refractivity contribution in [2.24, 2.45) is 5.92 Å². The lowest BCUT2D eigenvalue weighted by Crippen LogP contribution is -2.54. The van der Waals surface area contributed by atoms with Crippen molar-refractivity contribution in [2.45, 2.75) is 26.4 Å². The number of piperazine rings is 1. The molecule has 3 rings (SSSR count). The molecule has 0 spiro atoms. The standard InChI is InChI=1S/C24H26FN3O3/c1-17(2)23(31-21-6-4-3-5-19(21)16-26)24(30)28-13-11-27(12-14-28)22(29)15-18-7-9-20(25)10-8-18/h3-10,17,23H,11-15H2,1-2H3. The molecule has 1 aliphatic heterocycles. The molecule has 31 heavy (non-hydrogen) atoms. The van der Waals surface area contributed by atoms with Gasteiger partial charge in [-0.15, -0.1) is 0 Å². The molecule has 1 atom stereocenters. The maximum atomic E-state index is 13.1. The molecule has 2 amide bonds. The van der Waals surface area contributed by atoms with E-state index in [-0.39, 0.29) is 30.0 Å². The number of ether oxygens (including phenoxy) is 1. The monoisotopic (exact) mass is 423 g/mol. The van der Waals surface area contributed by atoms with Gasteiger partial charge in [0.15, 0.2) is 6.10 Å². The van der Waals surface area contributed by atoms with Gasteiger partial charge in [0.1, 0.15) is 17.6 Å². The maximum Gasteiger partial charge on any atom is 0.264 e. The van der Waals surface area contributed by atoms with Crippen LogP contribution in [0.3, 0.4) is 0 Å². The van der Waals surface area contributed by atoms with Gasteiger partial charge in [-0.25, -0.2) is 4.39 Å². The highest BCUT2D eigenvalue weighted by molar-refractivity contribution is 5.83. The maximum absolute atomic E-state index is 13.1. The van der Waals surface area contributed by atoms with Crippen molar-refractivity contribution in [2.75, 3.05) is 26.2 Å². The van der Waals surface area contributed by atoms with Crippen LogP contribution in [0.2, 0.25) is 0 Å². The van der Waals surface area contributed by atoms with Crippen molar-refractivity contribution < 1.29 is 18.7 Å². The Morgan fingerprint density at radius 3 is 2.26 bits per heavy atom. The van der Waals surface area contributed by atoms with Gasteiger partial charge in [-0.05, 0) is 35.7 Å². The lowest BCUT2D eigenvalue weighted by atomic mass is 10.0. The molecule has 1 saturated heterocycles. The van der Waals surface area contributed by atoms with E-state index in [2.05, 4.69) is 6.07 Å². The predicted octanol–water partition coefficient (Wildman–Crippen LogP) is 3.01. The van der Waals surface area contributed by atoms with Crippen LogP contribution in [-0.2, 0) is 16.0 Å². The summed E-state index contributed by atoms with van der Waals surface area (Å²) in [5, 5.41) is 9.28. The Kier molecular flexibility index (Phi) is 7.24. The van der Waals surface area contributed by atoms with E-state index in [0.717, 1.165) is 5.56 Å². The highest BCUT2D eigenvalue weighted by Crippen LogP contribution is 2.22. The second-order valence-corrected chi connectivity index (χ2v) is 7.90. The topological polar surface area (TPSA) is 73.6 Å². The van der Waals surface area contributed by atoms with Crippen LogP contribution in [0.1, 0.15) is 25.0 Å². The number of nitrogens with zero attached hydrogens (tertiary/aromatic N) is 3. The van der Waals surface area contributed by atoms with Crippen molar-refractivity contribution in [3.63, 3.8) is 0 Å². The average Bonchev–Trinajstić information content (AvgIpc) is 2.78. The number of carbonyl (C=O) groups is 2. The summed E-state index contributed by atoms with van der Waals surface area (Å²) in [6.45, 7) is 5.51. The van der Waals surface area contributed by atoms with E-state index in [1.54, 1.807) is 46.2 Å². The second kappa shape index (κ2) is 10.1. The normalized spacial score (nSPS) is 14.8. The van der Waals surface area contributed by atoms with Gasteiger partial charge >= 0.3 is 0 Å². The van der Waals surface area contributed by atoms with Crippen LogP contribution in [0.4, 0.5) is 4.39 Å². The molecular weight excluding hydrogens is 397 g/mol. The molecule has 0 aliphatic carbocycles. The summed E-state index contributed by atoms with van der Waals surface area (Å²) in [5.41, 5.74) is 1.14. The zero-order chi connectivity index (χ0) is 22.4. The van der Waals surface area contributed by atoms with E-state index < -0.39 is 6.10 Å². The predicted molar refractivity (Wildman–Crippen MR) is 114 cm³/mol. The Morgan fingerprint density at radius 1 is 1.03 bits per heavy atom. The zero-order valence-corrected chi connectivity index (χ0v) is 17.8. The number of benzene rings is 2. The van der Waals surface area contributed by atoms with Gasteiger partial charge < -0.3 is 14.5 Å². The van der Waals surface area contributed by atoms with Crippen LogP contribution < -0.4 is 4.74 Å². The molecular formula is C24H26FN3O3. The van der Waals surface area contributed by atoms with Gasteiger partial charge in [0, 0.05) is 26.2 Å². The Labute approximate surface area is 181 Å². The van der Waals surface area contributed by atoms with Crippen molar-refractivity contribution in [3.8, 4) is 11.8 Å². The number of amides is 2. The van der Waals surface area contributed by atoms with Crippen LogP contribution >= 0.6 is 0 Å². The van der Waals surface area contributed by atoms with Crippen LogP contribution in [0.15, 0.2) is 48.5 Å². The fourth-order valence-electron chi connectivity index (χ4n) is 3.52. The summed E-state index contributed by atoms with van der Waals surface area (Å²) in [6.07, 6.45) is -0.507. The van der Waals surface area contributed by atoms with Gasteiger partial charge in [-0.2, -0.15) is 5.26 Å².